The molecule has 1 aliphatic rings. The molecular formula is C11H21NO3. The Morgan fingerprint density at radius 2 is 2.13 bits per heavy atom. The lowest BCUT2D eigenvalue weighted by Crippen LogP contribution is -2.47. The molecule has 0 aromatic carbocycles. The van der Waals surface area contributed by atoms with Crippen molar-refractivity contribution in [2.45, 2.75) is 38.7 Å². The first-order valence-electron chi connectivity index (χ1n) is 5.60. The predicted octanol–water partition coefficient (Wildman–Crippen LogP) is 0.944. The summed E-state index contributed by atoms with van der Waals surface area (Å²) >= 11 is 0. The van der Waals surface area contributed by atoms with Crippen LogP contribution >= 0.6 is 0 Å². The third-order valence-electron chi connectivity index (χ3n) is 3.10. The fourth-order valence-corrected chi connectivity index (χ4v) is 1.98. The molecule has 1 rings (SSSR count). The average molecular weight is 215 g/mol. The second kappa shape index (κ2) is 4.94. The van der Waals surface area contributed by atoms with Gasteiger partial charge in [0, 0.05) is 6.54 Å². The van der Waals surface area contributed by atoms with E-state index in [1.165, 1.54) is 13.3 Å². The Balaban J connectivity index is 2.47. The number of hydrogen-bond donors (Lipinski definition) is 2. The molecule has 0 spiro atoms. The first-order chi connectivity index (χ1) is 6.92. The first kappa shape index (κ1) is 12.5. The number of rotatable bonds is 3. The number of aliphatic carboxylic acids is 1. The number of carboxylic acids is 1. The van der Waals surface area contributed by atoms with Crippen LogP contribution in [0.5, 0.6) is 0 Å². The predicted molar refractivity (Wildman–Crippen MR) is 57.7 cm³/mol. The van der Waals surface area contributed by atoms with E-state index in [1.807, 2.05) is 0 Å². The fraction of sp³-hybridized carbons (Fsp3) is 0.909. The Morgan fingerprint density at radius 1 is 1.47 bits per heavy atom. The topological polar surface area (TPSA) is 60.8 Å². The van der Waals surface area contributed by atoms with Crippen LogP contribution < -0.4 is 0 Å². The summed E-state index contributed by atoms with van der Waals surface area (Å²) in [5.74, 6) is -0.426. The highest BCUT2D eigenvalue weighted by Gasteiger charge is 2.32. The van der Waals surface area contributed by atoms with Crippen LogP contribution in [0.15, 0.2) is 0 Å². The molecule has 15 heavy (non-hydrogen) atoms. The van der Waals surface area contributed by atoms with Gasteiger partial charge in [-0.25, -0.2) is 4.79 Å². The molecule has 0 aromatic rings. The number of likely N-dealkylation sites (tertiary alicyclic amines) is 1. The Labute approximate surface area is 90.9 Å². The Kier molecular flexibility index (Phi) is 4.11. The van der Waals surface area contributed by atoms with E-state index in [0.717, 1.165) is 25.9 Å². The zero-order valence-electron chi connectivity index (χ0n) is 9.57. The lowest BCUT2D eigenvalue weighted by Gasteiger charge is -2.27. The molecule has 1 aliphatic heterocycles. The van der Waals surface area contributed by atoms with E-state index in [4.69, 9.17) is 5.11 Å². The summed E-state index contributed by atoms with van der Waals surface area (Å²) in [5.41, 5.74) is -1.62. The molecule has 0 saturated carbocycles. The van der Waals surface area contributed by atoms with E-state index in [-0.39, 0.29) is 6.54 Å². The number of carbonyl (C=O) groups is 1. The second-order valence-electron chi connectivity index (χ2n) is 4.89. The van der Waals surface area contributed by atoms with Crippen LogP contribution in [0.1, 0.15) is 33.1 Å². The zero-order chi connectivity index (χ0) is 11.5. The Hall–Kier alpha value is -0.610. The molecule has 2 unspecified atom stereocenters. The van der Waals surface area contributed by atoms with E-state index >= 15 is 0 Å². The summed E-state index contributed by atoms with van der Waals surface area (Å²) in [7, 11) is 0. The van der Waals surface area contributed by atoms with Crippen molar-refractivity contribution in [3.63, 3.8) is 0 Å². The maximum Gasteiger partial charge on any atom is 0.336 e. The van der Waals surface area contributed by atoms with Gasteiger partial charge in [0.05, 0.1) is 0 Å². The minimum Gasteiger partial charge on any atom is -0.479 e. The van der Waals surface area contributed by atoms with Gasteiger partial charge >= 0.3 is 5.97 Å². The summed E-state index contributed by atoms with van der Waals surface area (Å²) in [6.07, 6.45) is 3.39. The van der Waals surface area contributed by atoms with Crippen LogP contribution in [0.25, 0.3) is 0 Å². The van der Waals surface area contributed by atoms with Crippen molar-refractivity contribution in [3.05, 3.63) is 0 Å². The van der Waals surface area contributed by atoms with Gasteiger partial charge < -0.3 is 10.2 Å². The van der Waals surface area contributed by atoms with Crippen molar-refractivity contribution in [1.29, 1.82) is 0 Å². The van der Waals surface area contributed by atoms with Crippen molar-refractivity contribution < 1.29 is 15.0 Å². The van der Waals surface area contributed by atoms with Crippen molar-refractivity contribution >= 4 is 5.97 Å². The Morgan fingerprint density at radius 3 is 2.73 bits per heavy atom. The SMILES string of the molecule is CC1CCCN(CC(C)(O)C(=O)O)CC1. The lowest BCUT2D eigenvalue weighted by molar-refractivity contribution is -0.158. The smallest absolute Gasteiger partial charge is 0.336 e. The van der Waals surface area contributed by atoms with Crippen LogP contribution in [0.4, 0.5) is 0 Å². The van der Waals surface area contributed by atoms with Gasteiger partial charge in [-0.05, 0) is 45.2 Å². The van der Waals surface area contributed by atoms with E-state index in [9.17, 15) is 9.90 Å². The van der Waals surface area contributed by atoms with Gasteiger partial charge in [-0.3, -0.25) is 4.90 Å². The van der Waals surface area contributed by atoms with Gasteiger partial charge in [0.2, 0.25) is 0 Å². The van der Waals surface area contributed by atoms with Crippen molar-refractivity contribution in [2.24, 2.45) is 5.92 Å². The van der Waals surface area contributed by atoms with Gasteiger partial charge in [-0.2, -0.15) is 0 Å². The maximum absolute atomic E-state index is 10.8. The Bertz CT molecular complexity index is 228. The normalized spacial score (nSPS) is 28.1. The van der Waals surface area contributed by atoms with Gasteiger partial charge in [-0.15, -0.1) is 0 Å². The minimum atomic E-state index is -1.62. The highest BCUT2D eigenvalue weighted by atomic mass is 16.4. The van der Waals surface area contributed by atoms with Crippen molar-refractivity contribution in [2.75, 3.05) is 19.6 Å². The van der Waals surface area contributed by atoms with Crippen molar-refractivity contribution in [1.82, 2.24) is 4.90 Å². The summed E-state index contributed by atoms with van der Waals surface area (Å²) < 4.78 is 0. The summed E-state index contributed by atoms with van der Waals surface area (Å²) in [6.45, 7) is 5.61. The lowest BCUT2D eigenvalue weighted by atomic mass is 10.0. The van der Waals surface area contributed by atoms with Gasteiger partial charge in [0.15, 0.2) is 5.60 Å². The van der Waals surface area contributed by atoms with E-state index in [0.29, 0.717) is 5.92 Å². The first-order valence-corrected chi connectivity index (χ1v) is 5.60. The molecule has 0 bridgehead atoms. The number of nitrogens with zero attached hydrogens (tertiary/aromatic N) is 1. The molecule has 0 radical (unpaired) electrons. The molecule has 2 N–H and O–H groups in total. The van der Waals surface area contributed by atoms with Crippen LogP contribution in [-0.4, -0.2) is 46.3 Å². The van der Waals surface area contributed by atoms with E-state index in [1.54, 1.807) is 0 Å². The molecule has 1 heterocycles. The van der Waals surface area contributed by atoms with E-state index in [2.05, 4.69) is 11.8 Å². The molecule has 1 fully saturated rings. The fourth-order valence-electron chi connectivity index (χ4n) is 1.98. The molecule has 0 aromatic heterocycles. The van der Waals surface area contributed by atoms with Crippen LogP contribution in [0, 0.1) is 5.92 Å². The van der Waals surface area contributed by atoms with Crippen LogP contribution in [0.2, 0.25) is 0 Å². The monoisotopic (exact) mass is 215 g/mol. The summed E-state index contributed by atoms with van der Waals surface area (Å²) in [5, 5.41) is 18.5. The average Bonchev–Trinajstić information content (AvgIpc) is 2.30. The maximum atomic E-state index is 10.8. The van der Waals surface area contributed by atoms with Gasteiger partial charge in [0.25, 0.3) is 0 Å². The summed E-state index contributed by atoms with van der Waals surface area (Å²) in [6, 6.07) is 0. The third kappa shape index (κ3) is 3.80. The van der Waals surface area contributed by atoms with Gasteiger partial charge in [-0.1, -0.05) is 6.92 Å². The highest BCUT2D eigenvalue weighted by Crippen LogP contribution is 2.18. The molecule has 4 nitrogen and oxygen atoms in total. The quantitative estimate of drug-likeness (QED) is 0.735. The number of aliphatic hydroxyl groups is 1. The highest BCUT2D eigenvalue weighted by molar-refractivity contribution is 5.76. The number of carboxylic acid groups (broad SMARTS) is 1. The standard InChI is InChI=1S/C11H21NO3/c1-9-4-3-6-12(7-5-9)8-11(2,15)10(13)14/h9,15H,3-8H2,1-2H3,(H,13,14). The number of β-amino-alcohol motifs (C(OH)–C–C–N with tert-alkyl or cyclic N) is 1. The zero-order valence-corrected chi connectivity index (χ0v) is 9.57. The third-order valence-corrected chi connectivity index (χ3v) is 3.10. The van der Waals surface area contributed by atoms with Gasteiger partial charge in [0.1, 0.15) is 0 Å². The van der Waals surface area contributed by atoms with Crippen LogP contribution in [-0.2, 0) is 4.79 Å². The largest absolute Gasteiger partial charge is 0.479 e. The molecule has 4 heteroatoms. The molecule has 88 valence electrons. The molecule has 2 atom stereocenters. The molecule has 1 saturated heterocycles. The molecule has 0 amide bonds. The van der Waals surface area contributed by atoms with Crippen molar-refractivity contribution in [3.8, 4) is 0 Å². The number of hydrogen-bond acceptors (Lipinski definition) is 3. The molecular weight excluding hydrogens is 194 g/mol. The summed E-state index contributed by atoms with van der Waals surface area (Å²) in [4.78, 5) is 12.8. The van der Waals surface area contributed by atoms with Crippen LogP contribution in [0.3, 0.4) is 0 Å². The molecule has 0 aliphatic carbocycles. The second-order valence-corrected chi connectivity index (χ2v) is 4.89. The minimum absolute atomic E-state index is 0.231. The van der Waals surface area contributed by atoms with E-state index < -0.39 is 11.6 Å².